The van der Waals surface area contributed by atoms with E-state index in [1.807, 2.05) is 6.92 Å². The molecule has 9 heteroatoms. The smallest absolute Gasteiger partial charge is 0.417 e. The van der Waals surface area contributed by atoms with Gasteiger partial charge in [-0.3, -0.25) is 14.6 Å². The average molecular weight is 512 g/mol. The normalized spacial score (nSPS) is 26.0. The van der Waals surface area contributed by atoms with Crippen LogP contribution in [0.15, 0.2) is 12.3 Å². The summed E-state index contributed by atoms with van der Waals surface area (Å²) >= 11 is 0. The molecule has 2 saturated carbocycles. The van der Waals surface area contributed by atoms with Crippen LogP contribution < -0.4 is 5.32 Å². The molecule has 1 amide bonds. The molecule has 0 bridgehead atoms. The van der Waals surface area contributed by atoms with Gasteiger partial charge in [-0.2, -0.15) is 13.2 Å². The van der Waals surface area contributed by atoms with E-state index < -0.39 is 11.7 Å². The number of carbonyl (C=O) groups is 2. The number of carbonyl (C=O) groups excluding carboxylic acids is 2. The molecule has 2 unspecified atom stereocenters. The third kappa shape index (κ3) is 7.43. The second-order valence-corrected chi connectivity index (χ2v) is 10.2. The lowest BCUT2D eigenvalue weighted by Gasteiger charge is -2.31. The molecule has 2 heterocycles. The van der Waals surface area contributed by atoms with Gasteiger partial charge in [0.1, 0.15) is 0 Å². The molecular weight excluding hydrogens is 471 g/mol. The number of hydrogen-bond acceptors (Lipinski definition) is 5. The molecule has 6 nitrogen and oxygen atoms in total. The van der Waals surface area contributed by atoms with Crippen LogP contribution in [0.1, 0.15) is 89.0 Å². The van der Waals surface area contributed by atoms with Crippen LogP contribution in [-0.4, -0.2) is 47.0 Å². The molecule has 2 fully saturated rings. The second-order valence-electron chi connectivity index (χ2n) is 10.2. The highest BCUT2D eigenvalue weighted by atomic mass is 19.4. The van der Waals surface area contributed by atoms with Crippen LogP contribution in [0.5, 0.6) is 0 Å². The predicted molar refractivity (Wildman–Crippen MR) is 131 cm³/mol. The number of alkyl halides is 3. The van der Waals surface area contributed by atoms with Crippen molar-refractivity contribution in [3.05, 3.63) is 29.1 Å². The Balaban J connectivity index is 0.00000115. The number of ether oxygens (including phenoxy) is 1. The Morgan fingerprint density at radius 1 is 1.06 bits per heavy atom. The zero-order chi connectivity index (χ0) is 26.3. The standard InChI is InChI=1S/C24H32F3N3O3.C3H8/c1-2-33-23(32)15-3-6-19(7-4-15)29-20-8-5-16(12-20)22(31)30-10-9-21-17(14-30)11-18(13-28-21)24(25,26)27;1-3-2/h11,13,15-16,19-20,29H,2-10,12,14H2,1H3;3H2,1-2H3. The molecule has 0 aromatic carbocycles. The lowest BCUT2D eigenvalue weighted by atomic mass is 9.85. The van der Waals surface area contributed by atoms with Gasteiger partial charge < -0.3 is 15.0 Å². The van der Waals surface area contributed by atoms with Crippen LogP contribution in [0.4, 0.5) is 13.2 Å². The number of pyridine rings is 1. The fourth-order valence-corrected chi connectivity index (χ4v) is 5.47. The molecule has 2 aliphatic carbocycles. The molecule has 1 N–H and O–H groups in total. The summed E-state index contributed by atoms with van der Waals surface area (Å²) in [4.78, 5) is 30.7. The maximum absolute atomic E-state index is 13.1. The van der Waals surface area contributed by atoms with E-state index in [0.29, 0.717) is 36.9 Å². The van der Waals surface area contributed by atoms with Crippen molar-refractivity contribution in [1.29, 1.82) is 0 Å². The second kappa shape index (κ2) is 12.9. The Bertz CT molecular complexity index is 885. The number of nitrogens with zero attached hydrogens (tertiary/aromatic N) is 2. The predicted octanol–water partition coefficient (Wildman–Crippen LogP) is 5.28. The highest BCUT2D eigenvalue weighted by Gasteiger charge is 2.37. The SMILES string of the molecule is CCC.CCOC(=O)C1CCC(NC2CCC(C(=O)N3CCc4ncc(C(F)(F)F)cc4C3)C2)CC1. The molecule has 0 saturated heterocycles. The largest absolute Gasteiger partial charge is 0.466 e. The highest BCUT2D eigenvalue weighted by Crippen LogP contribution is 2.34. The van der Waals surface area contributed by atoms with Crippen molar-refractivity contribution in [2.45, 2.75) is 103 Å². The van der Waals surface area contributed by atoms with E-state index in [4.69, 9.17) is 4.74 Å². The first-order chi connectivity index (χ1) is 17.2. The summed E-state index contributed by atoms with van der Waals surface area (Å²) in [5.41, 5.74) is 0.380. The number of fused-ring (bicyclic) bond motifs is 1. The van der Waals surface area contributed by atoms with E-state index in [-0.39, 0.29) is 36.3 Å². The first-order valence-corrected chi connectivity index (χ1v) is 13.4. The van der Waals surface area contributed by atoms with Gasteiger partial charge in [0, 0.05) is 49.4 Å². The first kappa shape index (κ1) is 28.4. The summed E-state index contributed by atoms with van der Waals surface area (Å²) in [6.07, 6.45) is 4.14. The Kier molecular flexibility index (Phi) is 10.2. The number of nitrogens with one attached hydrogen (secondary N) is 1. The van der Waals surface area contributed by atoms with Gasteiger partial charge in [-0.15, -0.1) is 0 Å². The van der Waals surface area contributed by atoms with E-state index in [1.54, 1.807) is 4.90 Å². The van der Waals surface area contributed by atoms with E-state index in [0.717, 1.165) is 57.2 Å². The van der Waals surface area contributed by atoms with Crippen LogP contribution in [0.3, 0.4) is 0 Å². The monoisotopic (exact) mass is 511 g/mol. The van der Waals surface area contributed by atoms with Crippen LogP contribution in [0.2, 0.25) is 0 Å². The quantitative estimate of drug-likeness (QED) is 0.545. The Hall–Kier alpha value is -2.16. The number of hydrogen-bond donors (Lipinski definition) is 1. The summed E-state index contributed by atoms with van der Waals surface area (Å²) < 4.78 is 44.3. The minimum Gasteiger partial charge on any atom is -0.466 e. The van der Waals surface area contributed by atoms with Gasteiger partial charge in [0.25, 0.3) is 0 Å². The number of aromatic nitrogens is 1. The molecule has 202 valence electrons. The molecule has 3 aliphatic rings. The Labute approximate surface area is 212 Å². The minimum atomic E-state index is -4.44. The molecule has 4 rings (SSSR count). The van der Waals surface area contributed by atoms with Crippen LogP contribution >= 0.6 is 0 Å². The molecule has 0 radical (unpaired) electrons. The zero-order valence-corrected chi connectivity index (χ0v) is 21.7. The van der Waals surface area contributed by atoms with Crippen molar-refractivity contribution in [2.24, 2.45) is 11.8 Å². The van der Waals surface area contributed by atoms with Crippen molar-refractivity contribution >= 4 is 11.9 Å². The van der Waals surface area contributed by atoms with Crippen LogP contribution in [0, 0.1) is 11.8 Å². The van der Waals surface area contributed by atoms with Crippen molar-refractivity contribution in [3.8, 4) is 0 Å². The van der Waals surface area contributed by atoms with Gasteiger partial charge >= 0.3 is 12.1 Å². The fourth-order valence-electron chi connectivity index (χ4n) is 5.47. The maximum Gasteiger partial charge on any atom is 0.417 e. The maximum atomic E-state index is 13.1. The van der Waals surface area contributed by atoms with E-state index in [9.17, 15) is 22.8 Å². The molecule has 2 atom stereocenters. The summed E-state index contributed by atoms with van der Waals surface area (Å²) in [7, 11) is 0. The first-order valence-electron chi connectivity index (χ1n) is 13.4. The minimum absolute atomic E-state index is 0.00441. The lowest BCUT2D eigenvalue weighted by Crippen LogP contribution is -2.42. The fraction of sp³-hybridized carbons (Fsp3) is 0.741. The molecule has 0 spiro atoms. The summed E-state index contributed by atoms with van der Waals surface area (Å²) in [6.45, 7) is 7.17. The van der Waals surface area contributed by atoms with Gasteiger partial charge in [0.2, 0.25) is 5.91 Å². The Morgan fingerprint density at radius 2 is 1.69 bits per heavy atom. The van der Waals surface area contributed by atoms with Gasteiger partial charge in [-0.25, -0.2) is 0 Å². The van der Waals surface area contributed by atoms with Crippen LogP contribution in [0.25, 0.3) is 0 Å². The molecule has 1 aromatic rings. The van der Waals surface area contributed by atoms with E-state index in [2.05, 4.69) is 24.1 Å². The number of rotatable bonds is 5. The van der Waals surface area contributed by atoms with Crippen LogP contribution in [-0.2, 0) is 33.5 Å². The zero-order valence-electron chi connectivity index (χ0n) is 21.7. The number of amides is 1. The number of esters is 1. The third-order valence-corrected chi connectivity index (χ3v) is 7.28. The van der Waals surface area contributed by atoms with Crippen molar-refractivity contribution in [1.82, 2.24) is 15.2 Å². The summed E-state index contributed by atoms with van der Waals surface area (Å²) in [5, 5.41) is 3.68. The average Bonchev–Trinajstić information content (AvgIpc) is 3.32. The van der Waals surface area contributed by atoms with Crippen molar-refractivity contribution in [2.75, 3.05) is 13.2 Å². The third-order valence-electron chi connectivity index (χ3n) is 7.28. The van der Waals surface area contributed by atoms with Crippen molar-refractivity contribution < 1.29 is 27.5 Å². The summed E-state index contributed by atoms with van der Waals surface area (Å²) in [5.74, 6) is -0.162. The van der Waals surface area contributed by atoms with E-state index >= 15 is 0 Å². The highest BCUT2D eigenvalue weighted by molar-refractivity contribution is 5.79. The molecule has 1 aliphatic heterocycles. The van der Waals surface area contributed by atoms with E-state index in [1.165, 1.54) is 6.42 Å². The van der Waals surface area contributed by atoms with Gasteiger partial charge in [-0.1, -0.05) is 20.3 Å². The van der Waals surface area contributed by atoms with Crippen molar-refractivity contribution in [3.63, 3.8) is 0 Å². The topological polar surface area (TPSA) is 71.5 Å². The Morgan fingerprint density at radius 3 is 2.33 bits per heavy atom. The summed E-state index contributed by atoms with van der Waals surface area (Å²) in [6, 6.07) is 1.75. The lowest BCUT2D eigenvalue weighted by molar-refractivity contribution is -0.149. The number of halogens is 3. The van der Waals surface area contributed by atoms with Gasteiger partial charge in [0.05, 0.1) is 18.1 Å². The molecular formula is C27H40F3N3O3. The van der Waals surface area contributed by atoms with Gasteiger partial charge in [0.15, 0.2) is 0 Å². The molecule has 36 heavy (non-hydrogen) atoms. The van der Waals surface area contributed by atoms with Gasteiger partial charge in [-0.05, 0) is 63.5 Å². The molecule has 1 aromatic heterocycles.